The fourth-order valence-electron chi connectivity index (χ4n) is 2.90. The molecule has 1 unspecified atom stereocenters. The van der Waals surface area contributed by atoms with Crippen LogP contribution in [0.25, 0.3) is 0 Å². The number of carbonyl (C=O) groups is 2. The SMILES string of the molecule is CCCOc1ccc(C(C)NC(=NC)NCCN2C(=O)CNC2=O)cc1OCCC. The van der Waals surface area contributed by atoms with Crippen molar-refractivity contribution in [3.63, 3.8) is 0 Å². The molecule has 1 atom stereocenters. The van der Waals surface area contributed by atoms with Crippen LogP contribution in [0.3, 0.4) is 0 Å². The molecule has 9 heteroatoms. The van der Waals surface area contributed by atoms with Crippen molar-refractivity contribution in [1.29, 1.82) is 0 Å². The number of ether oxygens (including phenoxy) is 2. The third-order valence-electron chi connectivity index (χ3n) is 4.53. The Balaban J connectivity index is 1.95. The van der Waals surface area contributed by atoms with Crippen LogP contribution in [0.4, 0.5) is 4.79 Å². The van der Waals surface area contributed by atoms with Gasteiger partial charge in [0.05, 0.1) is 25.8 Å². The molecule has 1 fully saturated rings. The molecule has 1 aliphatic rings. The molecular formula is C21H33N5O4. The van der Waals surface area contributed by atoms with Gasteiger partial charge in [0.2, 0.25) is 5.91 Å². The molecule has 0 bridgehead atoms. The van der Waals surface area contributed by atoms with Crippen molar-refractivity contribution < 1.29 is 19.1 Å². The first-order chi connectivity index (χ1) is 14.5. The highest BCUT2D eigenvalue weighted by Crippen LogP contribution is 2.31. The fraction of sp³-hybridized carbons (Fsp3) is 0.571. The van der Waals surface area contributed by atoms with Crippen molar-refractivity contribution in [3.05, 3.63) is 23.8 Å². The highest BCUT2D eigenvalue weighted by atomic mass is 16.5. The number of benzene rings is 1. The zero-order chi connectivity index (χ0) is 21.9. The predicted molar refractivity (Wildman–Crippen MR) is 116 cm³/mol. The Bertz CT molecular complexity index is 737. The maximum atomic E-state index is 11.6. The van der Waals surface area contributed by atoms with Crippen LogP contribution in [0, 0.1) is 0 Å². The summed E-state index contributed by atoms with van der Waals surface area (Å²) in [6, 6.07) is 5.52. The minimum Gasteiger partial charge on any atom is -0.490 e. The maximum absolute atomic E-state index is 11.6. The molecule has 3 N–H and O–H groups in total. The lowest BCUT2D eigenvalue weighted by atomic mass is 10.1. The first-order valence-corrected chi connectivity index (χ1v) is 10.4. The summed E-state index contributed by atoms with van der Waals surface area (Å²) in [6.07, 6.45) is 1.85. The van der Waals surface area contributed by atoms with Gasteiger partial charge in [0.1, 0.15) is 0 Å². The number of amides is 3. The molecule has 1 aromatic carbocycles. The largest absolute Gasteiger partial charge is 0.490 e. The minimum atomic E-state index is -0.358. The molecule has 0 aliphatic carbocycles. The summed E-state index contributed by atoms with van der Waals surface area (Å²) in [5.74, 6) is 1.84. The van der Waals surface area contributed by atoms with Crippen molar-refractivity contribution >= 4 is 17.9 Å². The van der Waals surface area contributed by atoms with Crippen LogP contribution >= 0.6 is 0 Å². The molecule has 0 radical (unpaired) electrons. The van der Waals surface area contributed by atoms with Crippen molar-refractivity contribution in [1.82, 2.24) is 20.9 Å². The number of rotatable bonds is 11. The van der Waals surface area contributed by atoms with E-state index in [4.69, 9.17) is 9.47 Å². The van der Waals surface area contributed by atoms with E-state index in [0.717, 1.165) is 29.9 Å². The van der Waals surface area contributed by atoms with Crippen LogP contribution in [-0.4, -0.2) is 62.7 Å². The average Bonchev–Trinajstić information content (AvgIpc) is 3.07. The van der Waals surface area contributed by atoms with E-state index < -0.39 is 0 Å². The Morgan fingerprint density at radius 2 is 1.90 bits per heavy atom. The normalized spacial score (nSPS) is 15.1. The van der Waals surface area contributed by atoms with Gasteiger partial charge in [-0.05, 0) is 37.5 Å². The highest BCUT2D eigenvalue weighted by molar-refractivity contribution is 6.01. The molecule has 0 spiro atoms. The second-order valence-corrected chi connectivity index (χ2v) is 6.97. The van der Waals surface area contributed by atoms with Gasteiger partial charge in [0, 0.05) is 20.1 Å². The van der Waals surface area contributed by atoms with Crippen LogP contribution in [0.1, 0.15) is 45.2 Å². The number of guanidine groups is 1. The number of nitrogens with one attached hydrogen (secondary N) is 3. The number of aliphatic imine (C=N–C) groups is 1. The van der Waals surface area contributed by atoms with Crippen molar-refractivity contribution in [2.24, 2.45) is 4.99 Å². The Morgan fingerprint density at radius 1 is 1.20 bits per heavy atom. The molecule has 1 heterocycles. The molecule has 0 saturated carbocycles. The van der Waals surface area contributed by atoms with Crippen LogP contribution in [0.15, 0.2) is 23.2 Å². The molecule has 9 nitrogen and oxygen atoms in total. The first kappa shape index (κ1) is 23.3. The Hall–Kier alpha value is -2.97. The lowest BCUT2D eigenvalue weighted by Gasteiger charge is -2.21. The van der Waals surface area contributed by atoms with Crippen molar-refractivity contribution in [3.8, 4) is 11.5 Å². The summed E-state index contributed by atoms with van der Waals surface area (Å²) in [6.45, 7) is 8.16. The van der Waals surface area contributed by atoms with Gasteiger partial charge in [-0.3, -0.25) is 14.7 Å². The summed E-state index contributed by atoms with van der Waals surface area (Å²) in [4.78, 5) is 28.6. The third-order valence-corrected chi connectivity index (χ3v) is 4.53. The van der Waals surface area contributed by atoms with Gasteiger partial charge in [-0.25, -0.2) is 4.79 Å². The fourth-order valence-corrected chi connectivity index (χ4v) is 2.90. The molecule has 30 heavy (non-hydrogen) atoms. The van der Waals surface area contributed by atoms with E-state index in [1.165, 1.54) is 4.90 Å². The summed E-state index contributed by atoms with van der Waals surface area (Å²) >= 11 is 0. The molecule has 0 aromatic heterocycles. The standard InChI is InChI=1S/C21H33N5O4/c1-5-11-29-17-8-7-16(13-18(17)30-12-6-2)15(3)25-20(22-4)23-9-10-26-19(27)14-24-21(26)28/h7-8,13,15H,5-6,9-12,14H2,1-4H3,(H,24,28)(H2,22,23,25). The monoisotopic (exact) mass is 419 g/mol. The quantitative estimate of drug-likeness (QED) is 0.288. The molecule has 166 valence electrons. The number of urea groups is 1. The predicted octanol–water partition coefficient (Wildman–Crippen LogP) is 2.04. The lowest BCUT2D eigenvalue weighted by Crippen LogP contribution is -2.43. The molecule has 1 aliphatic heterocycles. The maximum Gasteiger partial charge on any atom is 0.324 e. The number of imide groups is 1. The van der Waals surface area contributed by atoms with E-state index in [0.29, 0.717) is 25.7 Å². The minimum absolute atomic E-state index is 0.0443. The molecule has 2 rings (SSSR count). The summed E-state index contributed by atoms with van der Waals surface area (Å²) in [5, 5.41) is 8.95. The van der Waals surface area contributed by atoms with Gasteiger partial charge in [0.25, 0.3) is 0 Å². The summed E-state index contributed by atoms with van der Waals surface area (Å²) < 4.78 is 11.7. The van der Waals surface area contributed by atoms with E-state index in [-0.39, 0.29) is 31.1 Å². The van der Waals surface area contributed by atoms with E-state index in [1.807, 2.05) is 25.1 Å². The van der Waals surface area contributed by atoms with E-state index in [9.17, 15) is 9.59 Å². The zero-order valence-corrected chi connectivity index (χ0v) is 18.3. The van der Waals surface area contributed by atoms with E-state index in [2.05, 4.69) is 34.8 Å². The highest BCUT2D eigenvalue weighted by Gasteiger charge is 2.27. The van der Waals surface area contributed by atoms with Crippen molar-refractivity contribution in [2.45, 2.75) is 39.7 Å². The molecule has 1 aromatic rings. The summed E-state index contributed by atoms with van der Waals surface area (Å²) in [7, 11) is 1.67. The van der Waals surface area contributed by atoms with Crippen LogP contribution < -0.4 is 25.4 Å². The van der Waals surface area contributed by atoms with Crippen LogP contribution in [0.5, 0.6) is 11.5 Å². The van der Waals surface area contributed by atoms with E-state index in [1.54, 1.807) is 7.05 Å². The number of hydrogen-bond donors (Lipinski definition) is 3. The van der Waals surface area contributed by atoms with Gasteiger partial charge in [-0.2, -0.15) is 0 Å². The number of carbonyl (C=O) groups excluding carboxylic acids is 2. The Labute approximate surface area is 178 Å². The first-order valence-electron chi connectivity index (χ1n) is 10.4. The second-order valence-electron chi connectivity index (χ2n) is 6.97. The third kappa shape index (κ3) is 6.53. The molecule has 1 saturated heterocycles. The second kappa shape index (κ2) is 11.9. The van der Waals surface area contributed by atoms with Crippen molar-refractivity contribution in [2.75, 3.05) is 39.9 Å². The molecular weight excluding hydrogens is 386 g/mol. The average molecular weight is 420 g/mol. The van der Waals surface area contributed by atoms with Gasteiger partial charge < -0.3 is 25.4 Å². The topological polar surface area (TPSA) is 104 Å². The zero-order valence-electron chi connectivity index (χ0n) is 18.3. The van der Waals surface area contributed by atoms with Gasteiger partial charge in [0.15, 0.2) is 17.5 Å². The Morgan fingerprint density at radius 3 is 2.50 bits per heavy atom. The molecule has 3 amide bonds. The van der Waals surface area contributed by atoms with Crippen LogP contribution in [0.2, 0.25) is 0 Å². The van der Waals surface area contributed by atoms with Gasteiger partial charge in [-0.1, -0.05) is 19.9 Å². The smallest absolute Gasteiger partial charge is 0.324 e. The number of hydrogen-bond acceptors (Lipinski definition) is 5. The Kier molecular flexibility index (Phi) is 9.24. The van der Waals surface area contributed by atoms with Gasteiger partial charge in [-0.15, -0.1) is 0 Å². The summed E-state index contributed by atoms with van der Waals surface area (Å²) in [5.41, 5.74) is 1.03. The lowest BCUT2D eigenvalue weighted by molar-refractivity contribution is -0.124. The van der Waals surface area contributed by atoms with Crippen LogP contribution in [-0.2, 0) is 4.79 Å². The van der Waals surface area contributed by atoms with E-state index >= 15 is 0 Å². The van der Waals surface area contributed by atoms with Gasteiger partial charge >= 0.3 is 6.03 Å². The number of nitrogens with zero attached hydrogens (tertiary/aromatic N) is 2.